The molecule has 110 valence electrons. The van der Waals surface area contributed by atoms with Crippen molar-refractivity contribution in [2.75, 3.05) is 11.9 Å². The fraction of sp³-hybridized carbons (Fsp3) is 0.429. The molecule has 0 bridgehead atoms. The van der Waals surface area contributed by atoms with Crippen LogP contribution in [-0.2, 0) is 4.79 Å². The minimum Gasteiger partial charge on any atom is -0.481 e. The Bertz CT molecular complexity index is 491. The van der Waals surface area contributed by atoms with Crippen LogP contribution in [-0.4, -0.2) is 23.5 Å². The summed E-state index contributed by atoms with van der Waals surface area (Å²) in [6.45, 7) is 2.62. The van der Waals surface area contributed by atoms with E-state index >= 15 is 0 Å². The molecule has 6 heteroatoms. The van der Waals surface area contributed by atoms with Gasteiger partial charge in [0.2, 0.25) is 0 Å². The van der Waals surface area contributed by atoms with Gasteiger partial charge in [-0.25, -0.2) is 0 Å². The molecule has 0 radical (unpaired) electrons. The molecule has 0 saturated carbocycles. The van der Waals surface area contributed by atoms with Crippen molar-refractivity contribution in [3.8, 4) is 0 Å². The zero-order valence-electron chi connectivity index (χ0n) is 11.4. The lowest BCUT2D eigenvalue weighted by Crippen LogP contribution is -2.16. The number of amides is 1. The largest absolute Gasteiger partial charge is 0.481 e. The zero-order valence-corrected chi connectivity index (χ0v) is 12.1. The second-order valence-electron chi connectivity index (χ2n) is 4.78. The van der Waals surface area contributed by atoms with Gasteiger partial charge < -0.3 is 16.2 Å². The highest BCUT2D eigenvalue weighted by atomic mass is 35.5. The van der Waals surface area contributed by atoms with E-state index in [1.165, 1.54) is 0 Å². The first-order valence-corrected chi connectivity index (χ1v) is 6.83. The van der Waals surface area contributed by atoms with Gasteiger partial charge in [0.1, 0.15) is 0 Å². The Kier molecular flexibility index (Phi) is 6.31. The number of halogens is 1. The van der Waals surface area contributed by atoms with Gasteiger partial charge in [-0.1, -0.05) is 24.6 Å². The van der Waals surface area contributed by atoms with Crippen LogP contribution in [0.15, 0.2) is 18.2 Å². The number of rotatable bonds is 8. The number of primary amides is 1. The van der Waals surface area contributed by atoms with E-state index in [0.717, 1.165) is 6.42 Å². The van der Waals surface area contributed by atoms with Gasteiger partial charge in [0.25, 0.3) is 5.91 Å². The molecule has 4 N–H and O–H groups in total. The number of hydrogen-bond acceptors (Lipinski definition) is 3. The maximum atomic E-state index is 11.3. The van der Waals surface area contributed by atoms with Crippen LogP contribution in [0, 0.1) is 5.92 Å². The molecular formula is C14H19ClN2O3. The molecule has 5 nitrogen and oxygen atoms in total. The van der Waals surface area contributed by atoms with E-state index in [0.29, 0.717) is 23.7 Å². The third-order valence-electron chi connectivity index (χ3n) is 3.06. The lowest BCUT2D eigenvalue weighted by Gasteiger charge is -2.14. The molecule has 0 aliphatic heterocycles. The highest BCUT2D eigenvalue weighted by Gasteiger charge is 2.12. The molecule has 1 atom stereocenters. The predicted octanol–water partition coefficient (Wildman–Crippen LogP) is 2.74. The molecule has 1 aromatic carbocycles. The number of carboxylic acids is 1. The lowest BCUT2D eigenvalue weighted by atomic mass is 10.0. The maximum absolute atomic E-state index is 11.3. The standard InChI is InChI=1S/C14H19ClN2O3/c1-9(5-6-12(18)19)7-8-17-11-4-2-3-10(15)13(11)14(16)20/h2-4,9,17H,5-8H2,1H3,(H2,16,20)(H,18,19). The molecule has 0 heterocycles. The van der Waals surface area contributed by atoms with Crippen LogP contribution in [0.2, 0.25) is 5.02 Å². The Hall–Kier alpha value is -1.75. The second kappa shape index (κ2) is 7.75. The topological polar surface area (TPSA) is 92.4 Å². The average molecular weight is 299 g/mol. The quantitative estimate of drug-likeness (QED) is 0.688. The SMILES string of the molecule is CC(CCNc1cccc(Cl)c1C(N)=O)CCC(=O)O. The fourth-order valence-corrected chi connectivity index (χ4v) is 2.16. The zero-order chi connectivity index (χ0) is 15.1. The van der Waals surface area contributed by atoms with Gasteiger partial charge in [0, 0.05) is 18.7 Å². The molecule has 1 unspecified atom stereocenters. The molecule has 20 heavy (non-hydrogen) atoms. The van der Waals surface area contributed by atoms with Gasteiger partial charge in [0.05, 0.1) is 10.6 Å². The fourth-order valence-electron chi connectivity index (χ4n) is 1.89. The molecule has 1 aromatic rings. The minimum atomic E-state index is -0.782. The van der Waals surface area contributed by atoms with Crippen molar-refractivity contribution in [2.24, 2.45) is 11.7 Å². The Balaban J connectivity index is 2.52. The highest BCUT2D eigenvalue weighted by Crippen LogP contribution is 2.24. The van der Waals surface area contributed by atoms with Crippen LogP contribution in [0.25, 0.3) is 0 Å². The number of benzene rings is 1. The third-order valence-corrected chi connectivity index (χ3v) is 3.38. The molecule has 0 fully saturated rings. The minimum absolute atomic E-state index is 0.171. The van der Waals surface area contributed by atoms with Crippen LogP contribution in [0.5, 0.6) is 0 Å². The summed E-state index contributed by atoms with van der Waals surface area (Å²) in [5.41, 5.74) is 6.19. The lowest BCUT2D eigenvalue weighted by molar-refractivity contribution is -0.137. The van der Waals surface area contributed by atoms with Gasteiger partial charge in [-0.05, 0) is 30.9 Å². The first kappa shape index (κ1) is 16.3. The van der Waals surface area contributed by atoms with E-state index in [1.54, 1.807) is 18.2 Å². The normalized spacial score (nSPS) is 11.9. The number of carboxylic acid groups (broad SMARTS) is 1. The Morgan fingerprint density at radius 3 is 2.70 bits per heavy atom. The smallest absolute Gasteiger partial charge is 0.303 e. The molecular weight excluding hydrogens is 280 g/mol. The molecule has 0 spiro atoms. The van der Waals surface area contributed by atoms with E-state index in [2.05, 4.69) is 5.32 Å². The van der Waals surface area contributed by atoms with Crippen LogP contribution in [0.1, 0.15) is 36.5 Å². The number of nitrogens with two attached hydrogens (primary N) is 1. The van der Waals surface area contributed by atoms with Crippen molar-refractivity contribution in [2.45, 2.75) is 26.2 Å². The monoisotopic (exact) mass is 298 g/mol. The summed E-state index contributed by atoms with van der Waals surface area (Å²) in [5, 5.41) is 12.1. The highest BCUT2D eigenvalue weighted by molar-refractivity contribution is 6.34. The molecule has 0 aliphatic rings. The van der Waals surface area contributed by atoms with E-state index in [1.807, 2.05) is 6.92 Å². The molecule has 0 saturated heterocycles. The Morgan fingerprint density at radius 2 is 2.10 bits per heavy atom. The first-order chi connectivity index (χ1) is 9.41. The van der Waals surface area contributed by atoms with Crippen LogP contribution >= 0.6 is 11.6 Å². The number of carbonyl (C=O) groups is 2. The number of carbonyl (C=O) groups excluding carboxylic acids is 1. The number of nitrogens with one attached hydrogen (secondary N) is 1. The van der Waals surface area contributed by atoms with Gasteiger partial charge in [-0.2, -0.15) is 0 Å². The number of hydrogen-bond donors (Lipinski definition) is 3. The molecule has 0 aliphatic carbocycles. The van der Waals surface area contributed by atoms with Gasteiger partial charge in [-0.15, -0.1) is 0 Å². The van der Waals surface area contributed by atoms with Crippen LogP contribution in [0.3, 0.4) is 0 Å². The van der Waals surface area contributed by atoms with Crippen molar-refractivity contribution in [1.29, 1.82) is 0 Å². The molecule has 0 aromatic heterocycles. The summed E-state index contributed by atoms with van der Waals surface area (Å²) in [4.78, 5) is 21.8. The van der Waals surface area contributed by atoms with Gasteiger partial charge in [0.15, 0.2) is 0 Å². The molecule has 1 amide bonds. The van der Waals surface area contributed by atoms with Gasteiger partial charge >= 0.3 is 5.97 Å². The first-order valence-electron chi connectivity index (χ1n) is 6.45. The third kappa shape index (κ3) is 5.09. The summed E-state index contributed by atoms with van der Waals surface area (Å²) in [6.07, 6.45) is 1.61. The van der Waals surface area contributed by atoms with Crippen molar-refractivity contribution >= 4 is 29.2 Å². The van der Waals surface area contributed by atoms with Crippen molar-refractivity contribution in [1.82, 2.24) is 0 Å². The van der Waals surface area contributed by atoms with Crippen molar-refractivity contribution in [3.05, 3.63) is 28.8 Å². The predicted molar refractivity (Wildman–Crippen MR) is 79.1 cm³/mol. The Morgan fingerprint density at radius 1 is 1.40 bits per heavy atom. The van der Waals surface area contributed by atoms with Gasteiger partial charge in [-0.3, -0.25) is 9.59 Å². The van der Waals surface area contributed by atoms with E-state index in [-0.39, 0.29) is 17.9 Å². The van der Waals surface area contributed by atoms with E-state index in [9.17, 15) is 9.59 Å². The summed E-state index contributed by atoms with van der Waals surface area (Å²) in [6, 6.07) is 5.10. The van der Waals surface area contributed by atoms with Crippen LogP contribution in [0.4, 0.5) is 5.69 Å². The summed E-state index contributed by atoms with van der Waals surface area (Å²) in [7, 11) is 0. The number of aliphatic carboxylic acids is 1. The molecule has 1 rings (SSSR count). The van der Waals surface area contributed by atoms with Crippen molar-refractivity contribution < 1.29 is 14.7 Å². The second-order valence-corrected chi connectivity index (χ2v) is 5.19. The average Bonchev–Trinajstić information content (AvgIpc) is 2.36. The Labute approximate surface area is 123 Å². The van der Waals surface area contributed by atoms with Crippen molar-refractivity contribution in [3.63, 3.8) is 0 Å². The number of anilines is 1. The summed E-state index contributed by atoms with van der Waals surface area (Å²) >= 11 is 5.94. The summed E-state index contributed by atoms with van der Waals surface area (Å²) in [5.74, 6) is -1.07. The summed E-state index contributed by atoms with van der Waals surface area (Å²) < 4.78 is 0. The maximum Gasteiger partial charge on any atom is 0.303 e. The van der Waals surface area contributed by atoms with E-state index in [4.69, 9.17) is 22.4 Å². The van der Waals surface area contributed by atoms with E-state index < -0.39 is 11.9 Å². The van der Waals surface area contributed by atoms with Crippen LogP contribution < -0.4 is 11.1 Å².